The molecule has 5 heteroatoms. The number of nitrogens with zero attached hydrogens (tertiary/aromatic N) is 1. The lowest BCUT2D eigenvalue weighted by atomic mass is 9.87. The average Bonchev–Trinajstić information content (AvgIpc) is 3.31. The van der Waals surface area contributed by atoms with Crippen molar-refractivity contribution >= 4 is 40.1 Å². The SMILES string of the molecule is Cc1ccc(NC2=C(c3cccs3)C(=O)N(c3ccc(C(C)(C)C)cc3)C2=O)cc1C. The van der Waals surface area contributed by atoms with Gasteiger partial charge >= 0.3 is 0 Å². The quantitative estimate of drug-likeness (QED) is 0.512. The number of thiophene rings is 1. The number of amides is 2. The van der Waals surface area contributed by atoms with Gasteiger partial charge in [0.1, 0.15) is 5.70 Å². The highest BCUT2D eigenvalue weighted by atomic mass is 32.1. The molecular weight excluding hydrogens is 404 g/mol. The summed E-state index contributed by atoms with van der Waals surface area (Å²) in [6, 6.07) is 17.4. The van der Waals surface area contributed by atoms with Crippen LogP contribution in [-0.4, -0.2) is 11.8 Å². The molecule has 0 fully saturated rings. The van der Waals surface area contributed by atoms with Crippen molar-refractivity contribution in [1.29, 1.82) is 0 Å². The number of carbonyl (C=O) groups excluding carboxylic acids is 2. The molecule has 1 aromatic heterocycles. The molecule has 1 aliphatic rings. The average molecular weight is 431 g/mol. The fraction of sp³-hybridized carbons (Fsp3) is 0.231. The van der Waals surface area contributed by atoms with Gasteiger partial charge in [0.15, 0.2) is 0 Å². The van der Waals surface area contributed by atoms with Crippen LogP contribution in [0.2, 0.25) is 0 Å². The first kappa shape index (κ1) is 21.1. The number of hydrogen-bond acceptors (Lipinski definition) is 4. The van der Waals surface area contributed by atoms with Crippen molar-refractivity contribution in [3.05, 3.63) is 87.2 Å². The van der Waals surface area contributed by atoms with Crippen LogP contribution in [0.5, 0.6) is 0 Å². The lowest BCUT2D eigenvalue weighted by molar-refractivity contribution is -0.120. The van der Waals surface area contributed by atoms with Crippen molar-refractivity contribution in [2.75, 3.05) is 10.2 Å². The first-order chi connectivity index (χ1) is 14.7. The monoisotopic (exact) mass is 430 g/mol. The van der Waals surface area contributed by atoms with E-state index in [2.05, 4.69) is 26.1 Å². The molecule has 2 amide bonds. The Kier molecular flexibility index (Phi) is 5.31. The Bertz CT molecular complexity index is 1180. The summed E-state index contributed by atoms with van der Waals surface area (Å²) < 4.78 is 0. The minimum Gasteiger partial charge on any atom is -0.350 e. The fourth-order valence-electron chi connectivity index (χ4n) is 3.60. The van der Waals surface area contributed by atoms with Crippen LogP contribution in [0.25, 0.3) is 5.57 Å². The Labute approximate surface area is 187 Å². The molecular formula is C26H26N2O2S. The van der Waals surface area contributed by atoms with Crippen LogP contribution >= 0.6 is 11.3 Å². The standard InChI is InChI=1S/C26H26N2O2S/c1-16-8-11-19(15-17(16)2)27-23-22(21-7-6-14-31-21)24(29)28(25(23)30)20-12-9-18(10-13-20)26(3,4)5/h6-15,27H,1-5H3. The summed E-state index contributed by atoms with van der Waals surface area (Å²) in [5.74, 6) is -0.641. The van der Waals surface area contributed by atoms with E-state index in [0.29, 0.717) is 17.0 Å². The third-order valence-corrected chi connectivity index (χ3v) is 6.51. The van der Waals surface area contributed by atoms with Crippen LogP contribution in [0.3, 0.4) is 0 Å². The number of nitrogens with one attached hydrogen (secondary N) is 1. The maximum Gasteiger partial charge on any atom is 0.282 e. The van der Waals surface area contributed by atoms with Crippen molar-refractivity contribution in [2.24, 2.45) is 0 Å². The van der Waals surface area contributed by atoms with Gasteiger partial charge in [-0.05, 0) is 71.7 Å². The predicted octanol–water partition coefficient (Wildman–Crippen LogP) is 6.06. The van der Waals surface area contributed by atoms with Crippen LogP contribution in [-0.2, 0) is 15.0 Å². The molecule has 158 valence electrons. The smallest absolute Gasteiger partial charge is 0.282 e. The number of imide groups is 1. The van der Waals surface area contributed by atoms with Gasteiger partial charge in [0.2, 0.25) is 0 Å². The van der Waals surface area contributed by atoms with Gasteiger partial charge in [0, 0.05) is 10.6 Å². The van der Waals surface area contributed by atoms with Crippen molar-refractivity contribution in [3.8, 4) is 0 Å². The molecule has 0 atom stereocenters. The van der Waals surface area contributed by atoms with Crippen LogP contribution in [0.4, 0.5) is 11.4 Å². The zero-order valence-electron chi connectivity index (χ0n) is 18.4. The maximum absolute atomic E-state index is 13.4. The lowest BCUT2D eigenvalue weighted by Gasteiger charge is -2.21. The van der Waals surface area contributed by atoms with E-state index in [0.717, 1.165) is 21.7 Å². The van der Waals surface area contributed by atoms with E-state index in [1.165, 1.54) is 21.8 Å². The molecule has 2 aromatic carbocycles. The van der Waals surface area contributed by atoms with Gasteiger partial charge in [-0.25, -0.2) is 4.90 Å². The van der Waals surface area contributed by atoms with E-state index < -0.39 is 0 Å². The molecule has 3 aromatic rings. The van der Waals surface area contributed by atoms with Crippen molar-refractivity contribution in [2.45, 2.75) is 40.0 Å². The van der Waals surface area contributed by atoms with Crippen molar-refractivity contribution in [1.82, 2.24) is 0 Å². The Morgan fingerprint density at radius 1 is 0.871 bits per heavy atom. The van der Waals surface area contributed by atoms with E-state index >= 15 is 0 Å². The molecule has 0 unspecified atom stereocenters. The maximum atomic E-state index is 13.4. The van der Waals surface area contributed by atoms with Crippen molar-refractivity contribution < 1.29 is 9.59 Å². The zero-order chi connectivity index (χ0) is 22.3. The lowest BCUT2D eigenvalue weighted by Crippen LogP contribution is -2.32. The molecule has 0 aliphatic carbocycles. The van der Waals surface area contributed by atoms with E-state index in [-0.39, 0.29) is 17.2 Å². The molecule has 4 rings (SSSR count). The van der Waals surface area contributed by atoms with Gasteiger partial charge in [0.05, 0.1) is 11.3 Å². The topological polar surface area (TPSA) is 49.4 Å². The summed E-state index contributed by atoms with van der Waals surface area (Å²) in [6.07, 6.45) is 0. The van der Waals surface area contributed by atoms with Crippen LogP contribution in [0, 0.1) is 13.8 Å². The highest BCUT2D eigenvalue weighted by molar-refractivity contribution is 7.11. The van der Waals surface area contributed by atoms with Gasteiger partial charge in [-0.3, -0.25) is 9.59 Å². The Hall–Kier alpha value is -3.18. The van der Waals surface area contributed by atoms with Gasteiger partial charge in [-0.2, -0.15) is 0 Å². The second-order valence-corrected chi connectivity index (χ2v) is 9.84. The molecule has 0 saturated carbocycles. The van der Waals surface area contributed by atoms with Crippen molar-refractivity contribution in [3.63, 3.8) is 0 Å². The Morgan fingerprint density at radius 2 is 1.58 bits per heavy atom. The van der Waals surface area contributed by atoms with Gasteiger partial charge in [-0.15, -0.1) is 11.3 Å². The second kappa shape index (κ2) is 7.82. The number of rotatable bonds is 4. The largest absolute Gasteiger partial charge is 0.350 e. The van der Waals surface area contributed by atoms with Crippen LogP contribution < -0.4 is 10.2 Å². The molecule has 31 heavy (non-hydrogen) atoms. The van der Waals surface area contributed by atoms with E-state index in [4.69, 9.17) is 0 Å². The third-order valence-electron chi connectivity index (χ3n) is 5.62. The van der Waals surface area contributed by atoms with Gasteiger partial charge in [-0.1, -0.05) is 45.0 Å². The van der Waals surface area contributed by atoms with Gasteiger partial charge < -0.3 is 5.32 Å². The minimum atomic E-state index is -0.338. The van der Waals surface area contributed by atoms with Crippen LogP contribution in [0.15, 0.2) is 65.7 Å². The van der Waals surface area contributed by atoms with E-state index in [9.17, 15) is 9.59 Å². The molecule has 4 nitrogen and oxygen atoms in total. The minimum absolute atomic E-state index is 0.00600. The summed E-state index contributed by atoms with van der Waals surface area (Å²) in [4.78, 5) is 28.9. The summed E-state index contributed by atoms with van der Waals surface area (Å²) in [5.41, 5.74) is 5.53. The summed E-state index contributed by atoms with van der Waals surface area (Å²) in [5, 5.41) is 5.15. The summed E-state index contributed by atoms with van der Waals surface area (Å²) in [7, 11) is 0. The Balaban J connectivity index is 1.75. The first-order valence-electron chi connectivity index (χ1n) is 10.3. The predicted molar refractivity (Wildman–Crippen MR) is 128 cm³/mol. The first-order valence-corrected chi connectivity index (χ1v) is 11.2. The van der Waals surface area contributed by atoms with Gasteiger partial charge in [0.25, 0.3) is 11.8 Å². The molecule has 2 heterocycles. The molecule has 1 N–H and O–H groups in total. The fourth-order valence-corrected chi connectivity index (χ4v) is 4.37. The second-order valence-electron chi connectivity index (χ2n) is 8.89. The molecule has 0 radical (unpaired) electrons. The third kappa shape index (κ3) is 3.93. The Morgan fingerprint density at radius 3 is 2.16 bits per heavy atom. The van der Waals surface area contributed by atoms with E-state index in [1.807, 2.05) is 73.8 Å². The zero-order valence-corrected chi connectivity index (χ0v) is 19.3. The number of carbonyl (C=O) groups is 2. The highest BCUT2D eigenvalue weighted by Gasteiger charge is 2.40. The molecule has 1 aliphatic heterocycles. The highest BCUT2D eigenvalue weighted by Crippen LogP contribution is 2.36. The van der Waals surface area contributed by atoms with Crippen LogP contribution in [0.1, 0.15) is 42.3 Å². The number of hydrogen-bond donors (Lipinski definition) is 1. The normalized spacial score (nSPS) is 14.5. The number of anilines is 2. The molecule has 0 bridgehead atoms. The molecule has 0 saturated heterocycles. The van der Waals surface area contributed by atoms with E-state index in [1.54, 1.807) is 0 Å². The summed E-state index contributed by atoms with van der Waals surface area (Å²) in [6.45, 7) is 10.5. The number of aryl methyl sites for hydroxylation is 2. The summed E-state index contributed by atoms with van der Waals surface area (Å²) >= 11 is 1.45. The molecule has 0 spiro atoms. The number of benzene rings is 2.